The number of rotatable bonds is 3. The standard InChI is InChI=1S/C12H10N4O3S/c1-2-7-10(20-16-15-7)11(17)13-6-3-4-9-8(5-6)14-12(18)19-9/h3-5H,2H2,1H3,(H,13,17)(H,14,18). The second-order valence-electron chi connectivity index (χ2n) is 4.08. The first-order chi connectivity index (χ1) is 9.67. The SMILES string of the molecule is CCc1nnsc1C(=O)Nc1ccc2oc(=O)[nH]c2c1. The Kier molecular flexibility index (Phi) is 3.07. The predicted molar refractivity (Wildman–Crippen MR) is 74.1 cm³/mol. The number of carbonyl (C=O) groups is 1. The highest BCUT2D eigenvalue weighted by Crippen LogP contribution is 2.18. The lowest BCUT2D eigenvalue weighted by Gasteiger charge is -2.03. The highest BCUT2D eigenvalue weighted by atomic mass is 32.1. The van der Waals surface area contributed by atoms with Gasteiger partial charge in [-0.15, -0.1) is 5.10 Å². The second kappa shape index (κ2) is 4.89. The average molecular weight is 290 g/mol. The minimum absolute atomic E-state index is 0.262. The predicted octanol–water partition coefficient (Wildman–Crippen LogP) is 1.79. The number of hydrogen-bond donors (Lipinski definition) is 2. The van der Waals surface area contributed by atoms with Gasteiger partial charge in [-0.3, -0.25) is 9.78 Å². The molecule has 2 aromatic heterocycles. The first kappa shape index (κ1) is 12.5. The average Bonchev–Trinajstić information content (AvgIpc) is 3.02. The van der Waals surface area contributed by atoms with Crippen LogP contribution in [0.15, 0.2) is 27.4 Å². The lowest BCUT2D eigenvalue weighted by molar-refractivity contribution is 0.102. The molecule has 0 radical (unpaired) electrons. The number of benzene rings is 1. The Bertz CT molecular complexity index is 832. The van der Waals surface area contributed by atoms with Crippen molar-refractivity contribution in [2.24, 2.45) is 0 Å². The number of nitrogens with zero attached hydrogens (tertiary/aromatic N) is 2. The number of aromatic nitrogens is 3. The van der Waals surface area contributed by atoms with Crippen LogP contribution in [-0.4, -0.2) is 20.5 Å². The summed E-state index contributed by atoms with van der Waals surface area (Å²) >= 11 is 1.06. The fraction of sp³-hybridized carbons (Fsp3) is 0.167. The second-order valence-corrected chi connectivity index (χ2v) is 4.84. The summed E-state index contributed by atoms with van der Waals surface area (Å²) in [4.78, 5) is 26.2. The molecule has 1 aromatic carbocycles. The molecule has 0 fully saturated rings. The quantitative estimate of drug-likeness (QED) is 0.765. The molecule has 7 nitrogen and oxygen atoms in total. The Morgan fingerprint density at radius 2 is 2.35 bits per heavy atom. The van der Waals surface area contributed by atoms with E-state index >= 15 is 0 Å². The molecule has 0 bridgehead atoms. The monoisotopic (exact) mass is 290 g/mol. The molecule has 0 aliphatic carbocycles. The third-order valence-corrected chi connectivity index (χ3v) is 3.54. The molecule has 3 rings (SSSR count). The molecule has 0 aliphatic heterocycles. The van der Waals surface area contributed by atoms with Gasteiger partial charge in [0.2, 0.25) is 0 Å². The number of oxazole rings is 1. The zero-order valence-corrected chi connectivity index (χ0v) is 11.3. The summed E-state index contributed by atoms with van der Waals surface area (Å²) in [6, 6.07) is 4.92. The summed E-state index contributed by atoms with van der Waals surface area (Å²) in [5.74, 6) is -0.787. The largest absolute Gasteiger partial charge is 0.417 e. The molecular weight excluding hydrogens is 280 g/mol. The van der Waals surface area contributed by atoms with Gasteiger partial charge in [0.05, 0.1) is 11.2 Å². The third kappa shape index (κ3) is 2.21. The van der Waals surface area contributed by atoms with Gasteiger partial charge < -0.3 is 9.73 Å². The van der Waals surface area contributed by atoms with Crippen LogP contribution >= 0.6 is 11.5 Å². The van der Waals surface area contributed by atoms with E-state index in [4.69, 9.17) is 4.42 Å². The van der Waals surface area contributed by atoms with Crippen molar-refractivity contribution in [1.29, 1.82) is 0 Å². The minimum Gasteiger partial charge on any atom is -0.408 e. The number of amides is 1. The molecule has 0 unspecified atom stereocenters. The molecule has 20 heavy (non-hydrogen) atoms. The lowest BCUT2D eigenvalue weighted by Crippen LogP contribution is -2.12. The highest BCUT2D eigenvalue weighted by molar-refractivity contribution is 7.08. The first-order valence-electron chi connectivity index (χ1n) is 5.93. The van der Waals surface area contributed by atoms with Crippen molar-refractivity contribution in [3.63, 3.8) is 0 Å². The van der Waals surface area contributed by atoms with Crippen LogP contribution in [0.4, 0.5) is 5.69 Å². The van der Waals surface area contributed by atoms with Gasteiger partial charge in [-0.25, -0.2) is 4.79 Å². The van der Waals surface area contributed by atoms with Crippen molar-refractivity contribution in [2.75, 3.05) is 5.32 Å². The molecule has 1 amide bonds. The van der Waals surface area contributed by atoms with Crippen molar-refractivity contribution in [3.8, 4) is 0 Å². The number of H-pyrrole nitrogens is 1. The smallest absolute Gasteiger partial charge is 0.408 e. The number of anilines is 1. The van der Waals surface area contributed by atoms with Gasteiger partial charge >= 0.3 is 5.76 Å². The topological polar surface area (TPSA) is 101 Å². The van der Waals surface area contributed by atoms with Gasteiger partial charge in [-0.2, -0.15) is 0 Å². The van der Waals surface area contributed by atoms with Crippen LogP contribution in [0.1, 0.15) is 22.3 Å². The van der Waals surface area contributed by atoms with Crippen LogP contribution in [0.25, 0.3) is 11.1 Å². The molecule has 0 saturated carbocycles. The Hall–Kier alpha value is -2.48. The van der Waals surface area contributed by atoms with Crippen molar-refractivity contribution in [3.05, 3.63) is 39.3 Å². The molecule has 2 heterocycles. The zero-order chi connectivity index (χ0) is 14.1. The van der Waals surface area contributed by atoms with Gasteiger partial charge in [0.1, 0.15) is 4.88 Å². The highest BCUT2D eigenvalue weighted by Gasteiger charge is 2.15. The first-order valence-corrected chi connectivity index (χ1v) is 6.70. The van der Waals surface area contributed by atoms with Crippen LogP contribution in [0.2, 0.25) is 0 Å². The van der Waals surface area contributed by atoms with E-state index in [9.17, 15) is 9.59 Å². The minimum atomic E-state index is -0.525. The van der Waals surface area contributed by atoms with Crippen LogP contribution < -0.4 is 11.1 Å². The van der Waals surface area contributed by atoms with Crippen LogP contribution in [0, 0.1) is 0 Å². The lowest BCUT2D eigenvalue weighted by atomic mass is 10.2. The fourth-order valence-corrected chi connectivity index (χ4v) is 2.48. The van der Waals surface area contributed by atoms with E-state index in [1.807, 2.05) is 6.92 Å². The van der Waals surface area contributed by atoms with E-state index in [1.54, 1.807) is 18.2 Å². The summed E-state index contributed by atoms with van der Waals surface area (Å²) in [6.45, 7) is 1.91. The molecule has 2 N–H and O–H groups in total. The normalized spacial score (nSPS) is 10.8. The van der Waals surface area contributed by atoms with Crippen molar-refractivity contribution < 1.29 is 9.21 Å². The van der Waals surface area contributed by atoms with Crippen LogP contribution in [-0.2, 0) is 6.42 Å². The van der Waals surface area contributed by atoms with Gasteiger partial charge in [0, 0.05) is 5.69 Å². The van der Waals surface area contributed by atoms with E-state index < -0.39 is 5.76 Å². The van der Waals surface area contributed by atoms with E-state index in [-0.39, 0.29) is 5.91 Å². The number of aromatic amines is 1. The number of fused-ring (bicyclic) bond motifs is 1. The summed E-state index contributed by atoms with van der Waals surface area (Å²) < 4.78 is 8.67. The fourth-order valence-electron chi connectivity index (χ4n) is 1.83. The van der Waals surface area contributed by atoms with Crippen molar-refractivity contribution in [2.45, 2.75) is 13.3 Å². The maximum atomic E-state index is 12.1. The summed E-state index contributed by atoms with van der Waals surface area (Å²) in [5, 5.41) is 6.64. The number of hydrogen-bond acceptors (Lipinski definition) is 6. The number of aryl methyl sites for hydroxylation is 1. The van der Waals surface area contributed by atoms with Crippen LogP contribution in [0.3, 0.4) is 0 Å². The molecule has 0 saturated heterocycles. The molecule has 3 aromatic rings. The zero-order valence-electron chi connectivity index (χ0n) is 10.5. The Morgan fingerprint density at radius 3 is 3.15 bits per heavy atom. The van der Waals surface area contributed by atoms with Crippen molar-refractivity contribution in [1.82, 2.24) is 14.6 Å². The number of carbonyl (C=O) groups excluding carboxylic acids is 1. The summed E-state index contributed by atoms with van der Waals surface area (Å²) in [6.07, 6.45) is 0.646. The molecule has 0 spiro atoms. The van der Waals surface area contributed by atoms with Gasteiger partial charge in [-0.05, 0) is 36.2 Å². The summed E-state index contributed by atoms with van der Waals surface area (Å²) in [7, 11) is 0. The van der Waals surface area contributed by atoms with E-state index in [0.717, 1.165) is 11.5 Å². The number of nitrogens with one attached hydrogen (secondary N) is 2. The van der Waals surface area contributed by atoms with Crippen molar-refractivity contribution >= 4 is 34.2 Å². The Balaban J connectivity index is 1.89. The summed E-state index contributed by atoms with van der Waals surface area (Å²) in [5.41, 5.74) is 2.22. The molecule has 8 heteroatoms. The van der Waals surface area contributed by atoms with Gasteiger partial charge in [0.15, 0.2) is 5.58 Å². The maximum Gasteiger partial charge on any atom is 0.417 e. The molecular formula is C12H10N4O3S. The Morgan fingerprint density at radius 1 is 1.50 bits per heavy atom. The van der Waals surface area contributed by atoms with E-state index in [2.05, 4.69) is 19.9 Å². The van der Waals surface area contributed by atoms with Crippen LogP contribution in [0.5, 0.6) is 0 Å². The third-order valence-electron chi connectivity index (χ3n) is 2.77. The van der Waals surface area contributed by atoms with E-state index in [1.165, 1.54) is 0 Å². The Labute approximate surface area is 116 Å². The molecule has 0 atom stereocenters. The molecule has 102 valence electrons. The maximum absolute atomic E-state index is 12.1. The van der Waals surface area contributed by atoms with E-state index in [0.29, 0.717) is 33.8 Å². The van der Waals surface area contributed by atoms with Gasteiger partial charge in [-0.1, -0.05) is 11.4 Å². The molecule has 0 aliphatic rings. The van der Waals surface area contributed by atoms with Gasteiger partial charge in [0.25, 0.3) is 5.91 Å².